The quantitative estimate of drug-likeness (QED) is 0.336. The smallest absolute Gasteiger partial charge is 0.266 e. The van der Waals surface area contributed by atoms with Crippen LogP contribution in [0, 0.1) is 6.92 Å². The Balaban J connectivity index is 1.46. The molecule has 3 aromatic heterocycles. The van der Waals surface area contributed by atoms with Crippen LogP contribution in [-0.2, 0) is 16.4 Å². The lowest BCUT2D eigenvalue weighted by atomic mass is 10.0. The fraction of sp³-hybridized carbons (Fsp3) is 0.346. The number of likely N-dealkylation sites (tertiary alicyclic amines) is 1. The molecule has 5 rings (SSSR count). The normalized spacial score (nSPS) is 16.5. The highest BCUT2D eigenvalue weighted by Crippen LogP contribution is 2.35. The van der Waals surface area contributed by atoms with E-state index in [2.05, 4.69) is 24.9 Å². The van der Waals surface area contributed by atoms with Gasteiger partial charge in [0.15, 0.2) is 0 Å². The lowest BCUT2D eigenvalue weighted by molar-refractivity contribution is 0.0735. The Labute approximate surface area is 225 Å². The molecule has 0 spiro atoms. The molecule has 2 atom stereocenters. The molecular formula is C26H28N6O4S2. The molecule has 1 N–H and O–H groups in total. The van der Waals surface area contributed by atoms with Gasteiger partial charge in [-0.2, -0.15) is 0 Å². The lowest BCUT2D eigenvalue weighted by Gasteiger charge is -2.23. The number of amides is 1. The largest absolute Gasteiger partial charge is 0.419 e. The SMILES string of the molecule is Cc1csc(C2CCCN2C(=O)c2cc(NS(C)(=O)=O)nc(-c3nnc(C(C)Cc4ccccc4)o3)c2)n1. The minimum atomic E-state index is -3.64. The zero-order valence-corrected chi connectivity index (χ0v) is 22.9. The van der Waals surface area contributed by atoms with Gasteiger partial charge in [0.1, 0.15) is 16.5 Å². The topological polar surface area (TPSA) is 131 Å². The van der Waals surface area contributed by atoms with Gasteiger partial charge >= 0.3 is 0 Å². The molecular weight excluding hydrogens is 524 g/mol. The first kappa shape index (κ1) is 26.0. The van der Waals surface area contributed by atoms with Crippen molar-refractivity contribution in [3.05, 3.63) is 75.6 Å². The molecule has 4 aromatic rings. The number of aryl methyl sites for hydroxylation is 1. The summed E-state index contributed by atoms with van der Waals surface area (Å²) in [6, 6.07) is 12.9. The molecule has 1 saturated heterocycles. The molecule has 1 amide bonds. The minimum Gasteiger partial charge on any atom is -0.419 e. The highest BCUT2D eigenvalue weighted by molar-refractivity contribution is 7.92. The van der Waals surface area contributed by atoms with E-state index in [1.165, 1.54) is 17.4 Å². The Morgan fingerprint density at radius 1 is 1.21 bits per heavy atom. The maximum absolute atomic E-state index is 13.7. The van der Waals surface area contributed by atoms with Crippen LogP contribution in [0.3, 0.4) is 0 Å². The summed E-state index contributed by atoms with van der Waals surface area (Å²) in [5, 5.41) is 11.2. The van der Waals surface area contributed by atoms with E-state index in [4.69, 9.17) is 4.42 Å². The molecule has 0 radical (unpaired) electrons. The molecule has 1 aliphatic rings. The zero-order valence-electron chi connectivity index (χ0n) is 21.3. The summed E-state index contributed by atoms with van der Waals surface area (Å²) in [6.45, 7) is 4.50. The van der Waals surface area contributed by atoms with Crippen molar-refractivity contribution >= 4 is 33.1 Å². The molecule has 1 fully saturated rings. The molecule has 0 aliphatic carbocycles. The van der Waals surface area contributed by atoms with E-state index in [1.807, 2.05) is 49.6 Å². The molecule has 0 saturated carbocycles. The van der Waals surface area contributed by atoms with Crippen LogP contribution < -0.4 is 4.72 Å². The molecule has 1 aromatic carbocycles. The number of rotatable bonds is 8. The fourth-order valence-corrected chi connectivity index (χ4v) is 5.98. The number of anilines is 1. The van der Waals surface area contributed by atoms with Gasteiger partial charge in [0.25, 0.3) is 11.8 Å². The highest BCUT2D eigenvalue weighted by atomic mass is 32.2. The third-order valence-corrected chi connectivity index (χ3v) is 7.91. The van der Waals surface area contributed by atoms with Crippen LogP contribution >= 0.6 is 11.3 Å². The Morgan fingerprint density at radius 2 is 2.00 bits per heavy atom. The van der Waals surface area contributed by atoms with Crippen molar-refractivity contribution in [1.29, 1.82) is 0 Å². The summed E-state index contributed by atoms with van der Waals surface area (Å²) in [5.41, 5.74) is 2.55. The maximum Gasteiger partial charge on any atom is 0.266 e. The molecule has 38 heavy (non-hydrogen) atoms. The van der Waals surface area contributed by atoms with Crippen LogP contribution in [0.25, 0.3) is 11.6 Å². The van der Waals surface area contributed by atoms with Gasteiger partial charge in [-0.25, -0.2) is 18.4 Å². The number of aromatic nitrogens is 4. The highest BCUT2D eigenvalue weighted by Gasteiger charge is 2.33. The second-order valence-corrected chi connectivity index (χ2v) is 12.2. The Bertz CT molecular complexity index is 1550. The third kappa shape index (κ3) is 5.91. The van der Waals surface area contributed by atoms with E-state index in [1.54, 1.807) is 11.0 Å². The zero-order chi connectivity index (χ0) is 26.9. The van der Waals surface area contributed by atoms with Gasteiger partial charge in [-0.05, 0) is 43.9 Å². The number of carbonyl (C=O) groups excluding carboxylic acids is 1. The van der Waals surface area contributed by atoms with Crippen molar-refractivity contribution in [3.63, 3.8) is 0 Å². The lowest BCUT2D eigenvalue weighted by Crippen LogP contribution is -2.30. The van der Waals surface area contributed by atoms with E-state index < -0.39 is 10.0 Å². The molecule has 1 aliphatic heterocycles. The van der Waals surface area contributed by atoms with Crippen LogP contribution in [0.2, 0.25) is 0 Å². The predicted octanol–water partition coefficient (Wildman–Crippen LogP) is 4.59. The summed E-state index contributed by atoms with van der Waals surface area (Å²) < 4.78 is 32.3. The third-order valence-electron chi connectivity index (χ3n) is 6.26. The fourth-order valence-electron chi connectivity index (χ4n) is 4.56. The Hall–Kier alpha value is -3.64. The minimum absolute atomic E-state index is 0.00581. The summed E-state index contributed by atoms with van der Waals surface area (Å²) in [4.78, 5) is 24.4. The molecule has 12 heteroatoms. The summed E-state index contributed by atoms with van der Waals surface area (Å²) in [5.74, 6) is 0.256. The summed E-state index contributed by atoms with van der Waals surface area (Å²) in [7, 11) is -3.64. The number of pyridine rings is 1. The summed E-state index contributed by atoms with van der Waals surface area (Å²) in [6.07, 6.45) is 3.41. The molecule has 2 unspecified atom stereocenters. The van der Waals surface area contributed by atoms with E-state index >= 15 is 0 Å². The van der Waals surface area contributed by atoms with Gasteiger partial charge in [-0.15, -0.1) is 21.5 Å². The average molecular weight is 553 g/mol. The predicted molar refractivity (Wildman–Crippen MR) is 144 cm³/mol. The van der Waals surface area contributed by atoms with Crippen LogP contribution in [0.1, 0.15) is 64.2 Å². The standard InChI is InChI=1S/C26H28N6O4S2/c1-16(12-18-8-5-4-6-9-18)23-29-30-24(36-23)20-13-19(14-22(28-20)31-38(3,34)35)26(33)32-11-7-10-21(32)25-27-17(2)15-37-25/h4-6,8-9,13-16,21H,7,10-12H2,1-3H3,(H,28,31). The van der Waals surface area contributed by atoms with Crippen LogP contribution in [0.4, 0.5) is 5.82 Å². The van der Waals surface area contributed by atoms with E-state index in [0.29, 0.717) is 18.9 Å². The van der Waals surface area contributed by atoms with Gasteiger partial charge in [-0.1, -0.05) is 37.3 Å². The van der Waals surface area contributed by atoms with Crippen LogP contribution in [-0.4, -0.2) is 52.2 Å². The van der Waals surface area contributed by atoms with E-state index in [-0.39, 0.29) is 40.8 Å². The first-order chi connectivity index (χ1) is 18.2. The number of hydrogen-bond acceptors (Lipinski definition) is 9. The molecule has 198 valence electrons. The van der Waals surface area contributed by atoms with Crippen molar-refractivity contribution in [3.8, 4) is 11.6 Å². The molecule has 10 nitrogen and oxygen atoms in total. The number of thiazole rings is 1. The number of benzene rings is 1. The first-order valence-electron chi connectivity index (χ1n) is 12.3. The Morgan fingerprint density at radius 3 is 2.71 bits per heavy atom. The van der Waals surface area contributed by atoms with Crippen molar-refractivity contribution in [2.75, 3.05) is 17.5 Å². The monoisotopic (exact) mass is 552 g/mol. The number of hydrogen-bond donors (Lipinski definition) is 1. The first-order valence-corrected chi connectivity index (χ1v) is 15.0. The van der Waals surface area contributed by atoms with Crippen molar-refractivity contribution in [2.45, 2.75) is 45.1 Å². The molecule has 4 heterocycles. The van der Waals surface area contributed by atoms with Crippen molar-refractivity contribution in [2.24, 2.45) is 0 Å². The van der Waals surface area contributed by atoms with Gasteiger partial charge in [0.05, 0.1) is 12.3 Å². The number of sulfonamides is 1. The van der Waals surface area contributed by atoms with Crippen LogP contribution in [0.15, 0.2) is 52.3 Å². The average Bonchev–Trinajstić information content (AvgIpc) is 3.63. The summed E-state index contributed by atoms with van der Waals surface area (Å²) >= 11 is 1.54. The van der Waals surface area contributed by atoms with Gasteiger partial charge < -0.3 is 9.32 Å². The van der Waals surface area contributed by atoms with Gasteiger partial charge in [-0.3, -0.25) is 9.52 Å². The van der Waals surface area contributed by atoms with Crippen LogP contribution in [0.5, 0.6) is 0 Å². The van der Waals surface area contributed by atoms with Gasteiger partial charge in [0, 0.05) is 29.1 Å². The second kappa shape index (κ2) is 10.6. The van der Waals surface area contributed by atoms with E-state index in [9.17, 15) is 13.2 Å². The van der Waals surface area contributed by atoms with Crippen molar-refractivity contribution < 1.29 is 17.6 Å². The van der Waals surface area contributed by atoms with Gasteiger partial charge in [0.2, 0.25) is 15.9 Å². The Kier molecular flexibility index (Phi) is 7.26. The second-order valence-electron chi connectivity index (χ2n) is 9.52. The number of nitrogens with one attached hydrogen (secondary N) is 1. The molecule has 0 bridgehead atoms. The number of nitrogens with zero attached hydrogens (tertiary/aromatic N) is 5. The van der Waals surface area contributed by atoms with E-state index in [0.717, 1.165) is 35.4 Å². The number of carbonyl (C=O) groups is 1. The maximum atomic E-state index is 13.7. The van der Waals surface area contributed by atoms with Crippen molar-refractivity contribution in [1.82, 2.24) is 25.1 Å².